The lowest BCUT2D eigenvalue weighted by atomic mass is 9.99. The SMILES string of the molecule is CCN(CC(F)(F)F)C(c1cccc(F)c1)C(C)N. The molecule has 0 aliphatic heterocycles. The lowest BCUT2D eigenvalue weighted by Crippen LogP contribution is -2.43. The van der Waals surface area contributed by atoms with E-state index in [9.17, 15) is 17.6 Å². The molecule has 1 aromatic rings. The lowest BCUT2D eigenvalue weighted by Gasteiger charge is -2.34. The van der Waals surface area contributed by atoms with Crippen molar-refractivity contribution in [2.24, 2.45) is 5.73 Å². The van der Waals surface area contributed by atoms with Crippen molar-refractivity contribution in [2.45, 2.75) is 32.1 Å². The summed E-state index contributed by atoms with van der Waals surface area (Å²) in [6.45, 7) is 2.36. The standard InChI is InChI=1S/C13H18F4N2/c1-3-19(8-13(15,16)17)12(9(2)18)10-5-4-6-11(14)7-10/h4-7,9,12H,3,8,18H2,1-2H3. The number of likely N-dealkylation sites (N-methyl/N-ethyl adjacent to an activating group) is 1. The van der Waals surface area contributed by atoms with Crippen molar-refractivity contribution in [3.8, 4) is 0 Å². The molecule has 2 N–H and O–H groups in total. The smallest absolute Gasteiger partial charge is 0.326 e. The molecule has 0 aliphatic carbocycles. The van der Waals surface area contributed by atoms with E-state index in [1.807, 2.05) is 0 Å². The summed E-state index contributed by atoms with van der Waals surface area (Å²) in [6.07, 6.45) is -4.31. The van der Waals surface area contributed by atoms with Gasteiger partial charge in [-0.2, -0.15) is 13.2 Å². The quantitative estimate of drug-likeness (QED) is 0.839. The Morgan fingerprint density at radius 1 is 1.32 bits per heavy atom. The van der Waals surface area contributed by atoms with Gasteiger partial charge in [0.1, 0.15) is 5.82 Å². The Hall–Kier alpha value is -1.14. The van der Waals surface area contributed by atoms with Crippen molar-refractivity contribution in [1.29, 1.82) is 0 Å². The number of benzene rings is 1. The Morgan fingerprint density at radius 2 is 1.95 bits per heavy atom. The van der Waals surface area contributed by atoms with Crippen molar-refractivity contribution in [3.05, 3.63) is 35.6 Å². The summed E-state index contributed by atoms with van der Waals surface area (Å²) in [4.78, 5) is 1.21. The van der Waals surface area contributed by atoms with E-state index >= 15 is 0 Å². The number of alkyl halides is 3. The van der Waals surface area contributed by atoms with Crippen LogP contribution in [0.1, 0.15) is 25.5 Å². The summed E-state index contributed by atoms with van der Waals surface area (Å²) >= 11 is 0. The van der Waals surface area contributed by atoms with Crippen LogP contribution in [0, 0.1) is 5.82 Å². The van der Waals surface area contributed by atoms with Crippen LogP contribution in [-0.4, -0.2) is 30.2 Å². The third-order valence-corrected chi connectivity index (χ3v) is 2.87. The van der Waals surface area contributed by atoms with Crippen LogP contribution in [-0.2, 0) is 0 Å². The highest BCUT2D eigenvalue weighted by Crippen LogP contribution is 2.27. The van der Waals surface area contributed by atoms with E-state index < -0.39 is 30.6 Å². The first-order valence-electron chi connectivity index (χ1n) is 6.06. The van der Waals surface area contributed by atoms with E-state index in [4.69, 9.17) is 5.73 Å². The third-order valence-electron chi connectivity index (χ3n) is 2.87. The molecule has 0 radical (unpaired) electrons. The number of halogens is 4. The van der Waals surface area contributed by atoms with Crippen molar-refractivity contribution < 1.29 is 17.6 Å². The van der Waals surface area contributed by atoms with Crippen LogP contribution in [0.3, 0.4) is 0 Å². The first-order valence-corrected chi connectivity index (χ1v) is 6.06. The molecule has 2 nitrogen and oxygen atoms in total. The molecule has 0 saturated heterocycles. The molecule has 1 aromatic carbocycles. The molecule has 0 spiro atoms. The van der Waals surface area contributed by atoms with E-state index in [0.717, 1.165) is 0 Å². The molecule has 0 fully saturated rings. The lowest BCUT2D eigenvalue weighted by molar-refractivity contribution is -0.151. The molecule has 6 heteroatoms. The van der Waals surface area contributed by atoms with Crippen LogP contribution in [0.2, 0.25) is 0 Å². The summed E-state index contributed by atoms with van der Waals surface area (Å²) in [7, 11) is 0. The highest BCUT2D eigenvalue weighted by atomic mass is 19.4. The van der Waals surface area contributed by atoms with Crippen LogP contribution in [0.25, 0.3) is 0 Å². The van der Waals surface area contributed by atoms with Crippen LogP contribution < -0.4 is 5.73 Å². The first-order chi connectivity index (χ1) is 8.74. The van der Waals surface area contributed by atoms with Gasteiger partial charge in [0.05, 0.1) is 12.6 Å². The summed E-state index contributed by atoms with van der Waals surface area (Å²) in [6, 6.07) is 4.35. The van der Waals surface area contributed by atoms with Gasteiger partial charge in [-0.1, -0.05) is 19.1 Å². The summed E-state index contributed by atoms with van der Waals surface area (Å²) in [5.74, 6) is -0.480. The Morgan fingerprint density at radius 3 is 2.37 bits per heavy atom. The normalized spacial score (nSPS) is 15.6. The molecule has 0 aliphatic rings. The van der Waals surface area contributed by atoms with Gasteiger partial charge >= 0.3 is 6.18 Å². The highest BCUT2D eigenvalue weighted by Gasteiger charge is 2.34. The van der Waals surface area contributed by atoms with Gasteiger partial charge in [0.2, 0.25) is 0 Å². The molecule has 1 rings (SSSR count). The van der Waals surface area contributed by atoms with Gasteiger partial charge in [-0.25, -0.2) is 4.39 Å². The average Bonchev–Trinajstić information content (AvgIpc) is 2.26. The van der Waals surface area contributed by atoms with Crippen LogP contribution in [0.5, 0.6) is 0 Å². The second-order valence-corrected chi connectivity index (χ2v) is 4.54. The fourth-order valence-corrected chi connectivity index (χ4v) is 2.17. The van der Waals surface area contributed by atoms with E-state index in [0.29, 0.717) is 5.56 Å². The first kappa shape index (κ1) is 15.9. The van der Waals surface area contributed by atoms with E-state index in [-0.39, 0.29) is 6.54 Å². The molecule has 2 unspecified atom stereocenters. The molecule has 0 saturated carbocycles. The van der Waals surface area contributed by atoms with E-state index in [1.165, 1.54) is 23.1 Å². The molecule has 0 bridgehead atoms. The fourth-order valence-electron chi connectivity index (χ4n) is 2.17. The maximum Gasteiger partial charge on any atom is 0.401 e. The van der Waals surface area contributed by atoms with Gasteiger partial charge < -0.3 is 5.73 Å². The minimum atomic E-state index is -4.31. The zero-order chi connectivity index (χ0) is 14.6. The van der Waals surface area contributed by atoms with Gasteiger partial charge in [0.25, 0.3) is 0 Å². The average molecular weight is 278 g/mol. The number of nitrogens with two attached hydrogens (primary N) is 1. The largest absolute Gasteiger partial charge is 0.401 e. The molecule has 2 atom stereocenters. The number of nitrogens with zero attached hydrogens (tertiary/aromatic N) is 1. The Labute approximate surface area is 110 Å². The maximum atomic E-state index is 13.2. The fraction of sp³-hybridized carbons (Fsp3) is 0.538. The molecular weight excluding hydrogens is 260 g/mol. The molecule has 0 aromatic heterocycles. The maximum absolute atomic E-state index is 13.2. The molecule has 19 heavy (non-hydrogen) atoms. The minimum absolute atomic E-state index is 0.183. The summed E-state index contributed by atoms with van der Waals surface area (Å²) in [5.41, 5.74) is 6.24. The second-order valence-electron chi connectivity index (χ2n) is 4.54. The summed E-state index contributed by atoms with van der Waals surface area (Å²) < 4.78 is 50.9. The molecule has 0 amide bonds. The predicted octanol–water partition coefficient (Wildman–Crippen LogP) is 3.10. The van der Waals surface area contributed by atoms with Crippen molar-refractivity contribution >= 4 is 0 Å². The molecular formula is C13H18F4N2. The van der Waals surface area contributed by atoms with Gasteiger partial charge in [-0.05, 0) is 31.2 Å². The second kappa shape index (κ2) is 6.34. The number of rotatable bonds is 5. The Bertz CT molecular complexity index is 404. The minimum Gasteiger partial charge on any atom is -0.326 e. The van der Waals surface area contributed by atoms with E-state index in [1.54, 1.807) is 19.9 Å². The van der Waals surface area contributed by atoms with Crippen LogP contribution in [0.15, 0.2) is 24.3 Å². The van der Waals surface area contributed by atoms with Crippen molar-refractivity contribution in [1.82, 2.24) is 4.90 Å². The molecule has 108 valence electrons. The molecule has 0 heterocycles. The number of hydrogen-bond acceptors (Lipinski definition) is 2. The zero-order valence-corrected chi connectivity index (χ0v) is 10.9. The van der Waals surface area contributed by atoms with Crippen molar-refractivity contribution in [3.63, 3.8) is 0 Å². The van der Waals surface area contributed by atoms with Crippen LogP contribution in [0.4, 0.5) is 17.6 Å². The van der Waals surface area contributed by atoms with Gasteiger partial charge in [-0.15, -0.1) is 0 Å². The van der Waals surface area contributed by atoms with E-state index in [2.05, 4.69) is 0 Å². The van der Waals surface area contributed by atoms with Gasteiger partial charge in [0.15, 0.2) is 0 Å². The van der Waals surface area contributed by atoms with Gasteiger partial charge in [-0.3, -0.25) is 4.90 Å². The zero-order valence-electron chi connectivity index (χ0n) is 10.9. The van der Waals surface area contributed by atoms with Crippen molar-refractivity contribution in [2.75, 3.05) is 13.1 Å². The number of hydrogen-bond donors (Lipinski definition) is 1. The third kappa shape index (κ3) is 4.80. The van der Waals surface area contributed by atoms with Crippen LogP contribution >= 0.6 is 0 Å². The Kier molecular flexibility index (Phi) is 5.31. The monoisotopic (exact) mass is 278 g/mol. The summed E-state index contributed by atoms with van der Waals surface area (Å²) in [5, 5.41) is 0. The van der Waals surface area contributed by atoms with Gasteiger partial charge in [0, 0.05) is 6.04 Å². The highest BCUT2D eigenvalue weighted by molar-refractivity contribution is 5.21. The Balaban J connectivity index is 3.05. The predicted molar refractivity (Wildman–Crippen MR) is 66.1 cm³/mol. The topological polar surface area (TPSA) is 29.3 Å².